The molecule has 1 fully saturated rings. The Morgan fingerprint density at radius 1 is 1.20 bits per heavy atom. The van der Waals surface area contributed by atoms with Crippen molar-refractivity contribution in [1.29, 1.82) is 0 Å². The molecule has 0 aliphatic heterocycles. The largest absolute Gasteiger partial charge is 0.370 e. The van der Waals surface area contributed by atoms with E-state index in [1.54, 1.807) is 0 Å². The molecular formula is C14H28ClN3O2. The number of hydrogen-bond donors (Lipinski definition) is 3. The van der Waals surface area contributed by atoms with Crippen LogP contribution >= 0.6 is 12.4 Å². The molecule has 20 heavy (non-hydrogen) atoms. The van der Waals surface area contributed by atoms with E-state index in [1.165, 1.54) is 0 Å². The highest BCUT2D eigenvalue weighted by molar-refractivity contribution is 5.87. The van der Waals surface area contributed by atoms with E-state index in [-0.39, 0.29) is 41.6 Å². The highest BCUT2D eigenvalue weighted by Crippen LogP contribution is 2.45. The van der Waals surface area contributed by atoms with Gasteiger partial charge in [-0.3, -0.25) is 9.59 Å². The van der Waals surface area contributed by atoms with Gasteiger partial charge in [0.25, 0.3) is 0 Å². The predicted octanol–water partition coefficient (Wildman–Crippen LogP) is 1.33. The smallest absolute Gasteiger partial charge is 0.237 e. The molecule has 1 atom stereocenters. The second kappa shape index (κ2) is 6.76. The molecule has 5 nitrogen and oxygen atoms in total. The summed E-state index contributed by atoms with van der Waals surface area (Å²) in [4.78, 5) is 22.7. The Morgan fingerprint density at radius 2 is 1.65 bits per heavy atom. The lowest BCUT2D eigenvalue weighted by molar-refractivity contribution is -0.127. The zero-order chi connectivity index (χ0) is 14.8. The Kier molecular flexibility index (Phi) is 6.49. The van der Waals surface area contributed by atoms with E-state index in [9.17, 15) is 9.59 Å². The van der Waals surface area contributed by atoms with Gasteiger partial charge in [0, 0.05) is 6.04 Å². The van der Waals surface area contributed by atoms with Gasteiger partial charge >= 0.3 is 0 Å². The second-order valence-electron chi connectivity index (χ2n) is 7.40. The summed E-state index contributed by atoms with van der Waals surface area (Å²) >= 11 is 0. The molecule has 118 valence electrons. The van der Waals surface area contributed by atoms with Gasteiger partial charge in [-0.05, 0) is 30.1 Å². The molecular weight excluding hydrogens is 278 g/mol. The van der Waals surface area contributed by atoms with E-state index >= 15 is 0 Å². The summed E-state index contributed by atoms with van der Waals surface area (Å²) in [5.74, 6) is -0.829. The molecule has 1 saturated carbocycles. The van der Waals surface area contributed by atoms with E-state index in [0.717, 1.165) is 19.3 Å². The Bertz CT molecular complexity index is 353. The SMILES string of the molecule is CC1(C)CC(NC(=O)C(N)CC(N)=O)CC(C)(C)C1.Cl. The summed E-state index contributed by atoms with van der Waals surface area (Å²) in [5, 5.41) is 2.96. The van der Waals surface area contributed by atoms with Crippen molar-refractivity contribution in [2.75, 3.05) is 0 Å². The Morgan fingerprint density at radius 3 is 2.05 bits per heavy atom. The maximum Gasteiger partial charge on any atom is 0.237 e. The van der Waals surface area contributed by atoms with Gasteiger partial charge in [0.15, 0.2) is 0 Å². The van der Waals surface area contributed by atoms with Crippen LogP contribution in [-0.4, -0.2) is 23.9 Å². The number of hydrogen-bond acceptors (Lipinski definition) is 3. The van der Waals surface area contributed by atoms with Gasteiger partial charge in [-0.15, -0.1) is 12.4 Å². The van der Waals surface area contributed by atoms with E-state index in [1.807, 2.05) is 0 Å². The van der Waals surface area contributed by atoms with Crippen molar-refractivity contribution in [3.8, 4) is 0 Å². The van der Waals surface area contributed by atoms with E-state index in [0.29, 0.717) is 0 Å². The van der Waals surface area contributed by atoms with Crippen LogP contribution in [0.5, 0.6) is 0 Å². The predicted molar refractivity (Wildman–Crippen MR) is 82.4 cm³/mol. The van der Waals surface area contributed by atoms with Crippen LogP contribution < -0.4 is 16.8 Å². The van der Waals surface area contributed by atoms with Crippen LogP contribution in [-0.2, 0) is 9.59 Å². The van der Waals surface area contributed by atoms with Crippen LogP contribution in [0.2, 0.25) is 0 Å². The summed E-state index contributed by atoms with van der Waals surface area (Å²) in [7, 11) is 0. The van der Waals surface area contributed by atoms with E-state index in [2.05, 4.69) is 33.0 Å². The first kappa shape index (κ1) is 19.2. The molecule has 1 rings (SSSR count). The fourth-order valence-electron chi connectivity index (χ4n) is 3.57. The third-order valence-electron chi connectivity index (χ3n) is 3.66. The summed E-state index contributed by atoms with van der Waals surface area (Å²) in [6.07, 6.45) is 2.90. The lowest BCUT2D eigenvalue weighted by Gasteiger charge is -2.45. The van der Waals surface area contributed by atoms with Crippen LogP contribution in [0, 0.1) is 10.8 Å². The highest BCUT2D eigenvalue weighted by atomic mass is 35.5. The van der Waals surface area contributed by atoms with Crippen LogP contribution in [0.15, 0.2) is 0 Å². The number of halogens is 1. The fourth-order valence-corrected chi connectivity index (χ4v) is 3.57. The molecule has 0 spiro atoms. The minimum Gasteiger partial charge on any atom is -0.370 e. The average molecular weight is 306 g/mol. The zero-order valence-corrected chi connectivity index (χ0v) is 13.7. The molecule has 5 N–H and O–H groups in total. The third-order valence-corrected chi connectivity index (χ3v) is 3.66. The Hall–Kier alpha value is -0.810. The molecule has 0 aromatic rings. The molecule has 1 aliphatic carbocycles. The van der Waals surface area contributed by atoms with Crippen molar-refractivity contribution < 1.29 is 9.59 Å². The van der Waals surface area contributed by atoms with Gasteiger partial charge in [-0.1, -0.05) is 27.7 Å². The average Bonchev–Trinajstić information content (AvgIpc) is 2.10. The van der Waals surface area contributed by atoms with Crippen LogP contribution in [0.4, 0.5) is 0 Å². The lowest BCUT2D eigenvalue weighted by Crippen LogP contribution is -2.51. The summed E-state index contributed by atoms with van der Waals surface area (Å²) in [5.41, 5.74) is 11.1. The molecule has 0 saturated heterocycles. The van der Waals surface area contributed by atoms with Gasteiger partial charge < -0.3 is 16.8 Å². The maximum absolute atomic E-state index is 11.9. The minimum absolute atomic E-state index is 0. The fraction of sp³-hybridized carbons (Fsp3) is 0.857. The van der Waals surface area contributed by atoms with E-state index < -0.39 is 11.9 Å². The first-order chi connectivity index (χ1) is 8.51. The van der Waals surface area contributed by atoms with Crippen molar-refractivity contribution in [3.05, 3.63) is 0 Å². The monoisotopic (exact) mass is 305 g/mol. The Balaban J connectivity index is 0.00000361. The summed E-state index contributed by atoms with van der Waals surface area (Å²) in [6, 6.07) is -0.726. The molecule has 6 heteroatoms. The molecule has 0 radical (unpaired) electrons. The molecule has 0 heterocycles. The van der Waals surface area contributed by atoms with Crippen LogP contribution in [0.3, 0.4) is 0 Å². The number of nitrogens with two attached hydrogens (primary N) is 2. The van der Waals surface area contributed by atoms with Crippen LogP contribution in [0.25, 0.3) is 0 Å². The van der Waals surface area contributed by atoms with Gasteiger partial charge in [0.2, 0.25) is 11.8 Å². The summed E-state index contributed by atoms with van der Waals surface area (Å²) in [6.45, 7) is 8.87. The standard InChI is InChI=1S/C14H27N3O2.ClH/c1-13(2)6-9(7-14(3,4)8-13)17-12(19)10(15)5-11(16)18;/h9-10H,5-8,15H2,1-4H3,(H2,16,18)(H,17,19);1H. The first-order valence-electron chi connectivity index (χ1n) is 6.85. The highest BCUT2D eigenvalue weighted by Gasteiger charge is 2.39. The van der Waals surface area contributed by atoms with Crippen LogP contribution in [0.1, 0.15) is 53.4 Å². The van der Waals surface area contributed by atoms with Crippen molar-refractivity contribution in [2.24, 2.45) is 22.3 Å². The minimum atomic E-state index is -0.842. The van der Waals surface area contributed by atoms with Gasteiger partial charge in [-0.25, -0.2) is 0 Å². The molecule has 2 amide bonds. The van der Waals surface area contributed by atoms with Crippen molar-refractivity contribution in [2.45, 2.75) is 65.5 Å². The zero-order valence-electron chi connectivity index (χ0n) is 12.9. The van der Waals surface area contributed by atoms with Crippen molar-refractivity contribution in [3.63, 3.8) is 0 Å². The molecule has 1 unspecified atom stereocenters. The lowest BCUT2D eigenvalue weighted by atomic mass is 9.63. The quantitative estimate of drug-likeness (QED) is 0.731. The van der Waals surface area contributed by atoms with E-state index in [4.69, 9.17) is 11.5 Å². The Labute approximate surface area is 127 Å². The van der Waals surface area contributed by atoms with Gasteiger partial charge in [0.1, 0.15) is 0 Å². The van der Waals surface area contributed by atoms with Gasteiger partial charge in [-0.2, -0.15) is 0 Å². The first-order valence-corrected chi connectivity index (χ1v) is 6.85. The number of rotatable bonds is 4. The maximum atomic E-state index is 11.9. The topological polar surface area (TPSA) is 98.2 Å². The second-order valence-corrected chi connectivity index (χ2v) is 7.40. The van der Waals surface area contributed by atoms with Crippen molar-refractivity contribution in [1.82, 2.24) is 5.32 Å². The number of primary amides is 1. The number of amides is 2. The normalized spacial score (nSPS) is 22.4. The third kappa shape index (κ3) is 6.09. The molecule has 0 aromatic heterocycles. The number of nitrogens with one attached hydrogen (secondary N) is 1. The van der Waals surface area contributed by atoms with Crippen molar-refractivity contribution >= 4 is 24.2 Å². The number of carbonyl (C=O) groups excluding carboxylic acids is 2. The number of carbonyl (C=O) groups is 2. The van der Waals surface area contributed by atoms with Gasteiger partial charge in [0.05, 0.1) is 12.5 Å². The molecule has 1 aliphatic rings. The summed E-state index contributed by atoms with van der Waals surface area (Å²) < 4.78 is 0. The molecule has 0 bridgehead atoms. The molecule has 0 aromatic carbocycles.